The van der Waals surface area contributed by atoms with Crippen LogP contribution < -0.4 is 20.7 Å². The van der Waals surface area contributed by atoms with Crippen molar-refractivity contribution in [3.05, 3.63) is 48.5 Å². The molecule has 1 atom stereocenters. The van der Waals surface area contributed by atoms with E-state index < -0.39 is 32.7 Å². The maximum absolute atomic E-state index is 12.5. The quantitative estimate of drug-likeness (QED) is 0.541. The number of para-hydroxylation sites is 2. The molecule has 1 unspecified atom stereocenters. The number of hydrogen-bond acceptors (Lipinski definition) is 6. The lowest BCUT2D eigenvalue weighted by Gasteiger charge is -2.15. The second-order valence-corrected chi connectivity index (χ2v) is 9.00. The first kappa shape index (κ1) is 23.9. The maximum atomic E-state index is 12.5. The second kappa shape index (κ2) is 10.6. The number of carbonyl (C=O) groups is 3. The van der Waals surface area contributed by atoms with E-state index in [1.807, 2.05) is 0 Å². The lowest BCUT2D eigenvalue weighted by Crippen LogP contribution is -2.37. The van der Waals surface area contributed by atoms with Crippen LogP contribution in [0.4, 0.5) is 17.1 Å². The number of hydrogen-bond donors (Lipinski definition) is 3. The molecule has 10 heteroatoms. The Hall–Kier alpha value is -3.40. The minimum atomic E-state index is -4.07. The van der Waals surface area contributed by atoms with Gasteiger partial charge in [-0.1, -0.05) is 12.1 Å². The molecule has 0 saturated carbocycles. The topological polar surface area (TPSA) is 131 Å². The summed E-state index contributed by atoms with van der Waals surface area (Å²) < 4.78 is 30.5. The van der Waals surface area contributed by atoms with Gasteiger partial charge >= 0.3 is 0 Å². The number of anilines is 3. The van der Waals surface area contributed by atoms with Crippen LogP contribution in [0.5, 0.6) is 5.75 Å². The summed E-state index contributed by atoms with van der Waals surface area (Å²) in [4.78, 5) is 35.7. The minimum absolute atomic E-state index is 0.237. The van der Waals surface area contributed by atoms with Crippen molar-refractivity contribution in [2.24, 2.45) is 0 Å². The maximum Gasteiger partial charge on any atom is 0.242 e. The van der Waals surface area contributed by atoms with Crippen molar-refractivity contribution in [1.29, 1.82) is 0 Å². The van der Waals surface area contributed by atoms with Gasteiger partial charge in [0.05, 0.1) is 12.3 Å². The summed E-state index contributed by atoms with van der Waals surface area (Å²) in [5.74, 6) is -2.21. The van der Waals surface area contributed by atoms with Gasteiger partial charge in [0.15, 0.2) is 9.84 Å². The Balaban J connectivity index is 2.00. The Labute approximate surface area is 181 Å². The van der Waals surface area contributed by atoms with Crippen LogP contribution in [0.15, 0.2) is 48.5 Å². The molecule has 0 aliphatic carbocycles. The molecule has 3 amide bonds. The molecule has 0 aromatic heterocycles. The van der Waals surface area contributed by atoms with Crippen molar-refractivity contribution >= 4 is 44.6 Å². The summed E-state index contributed by atoms with van der Waals surface area (Å²) >= 11 is 0. The Morgan fingerprint density at radius 2 is 1.52 bits per heavy atom. The average Bonchev–Trinajstić information content (AvgIpc) is 2.69. The predicted octanol–water partition coefficient (Wildman–Crippen LogP) is 2.42. The molecule has 0 bridgehead atoms. The molecule has 0 fully saturated rings. The SMILES string of the molecule is CCOc1ccccc1NC(=O)CS(=O)(=O)C(C)C(=O)Nc1ccc(NC(C)=O)cc1. The molecule has 0 aliphatic rings. The molecule has 0 radical (unpaired) electrons. The van der Waals surface area contributed by atoms with Crippen LogP contribution in [0, 0.1) is 0 Å². The largest absolute Gasteiger partial charge is 0.492 e. The molecule has 9 nitrogen and oxygen atoms in total. The van der Waals surface area contributed by atoms with E-state index in [1.54, 1.807) is 43.3 Å². The summed E-state index contributed by atoms with van der Waals surface area (Å²) in [5.41, 5.74) is 1.24. The Bertz CT molecular complexity index is 1050. The third-order valence-corrected chi connectivity index (χ3v) is 6.13. The number of rotatable bonds is 9. The van der Waals surface area contributed by atoms with Gasteiger partial charge in [-0.15, -0.1) is 0 Å². The van der Waals surface area contributed by atoms with Crippen LogP contribution >= 0.6 is 0 Å². The first-order valence-corrected chi connectivity index (χ1v) is 11.3. The van der Waals surface area contributed by atoms with E-state index in [2.05, 4.69) is 16.0 Å². The molecule has 0 aliphatic heterocycles. The Kier molecular flexibility index (Phi) is 8.14. The molecule has 0 spiro atoms. The van der Waals surface area contributed by atoms with Gasteiger partial charge in [-0.2, -0.15) is 0 Å². The van der Waals surface area contributed by atoms with Crippen LogP contribution in [0.1, 0.15) is 20.8 Å². The van der Waals surface area contributed by atoms with Crippen molar-refractivity contribution in [1.82, 2.24) is 0 Å². The summed E-state index contributed by atoms with van der Waals surface area (Å²) in [6.45, 7) is 4.76. The smallest absolute Gasteiger partial charge is 0.242 e. The van der Waals surface area contributed by atoms with Gasteiger partial charge < -0.3 is 20.7 Å². The van der Waals surface area contributed by atoms with Crippen molar-refractivity contribution in [2.45, 2.75) is 26.0 Å². The molecule has 3 N–H and O–H groups in total. The molecular formula is C21H25N3O6S. The number of amides is 3. The summed E-state index contributed by atoms with van der Waals surface area (Å²) in [7, 11) is -4.07. The van der Waals surface area contributed by atoms with Crippen LogP contribution in [-0.2, 0) is 24.2 Å². The number of benzene rings is 2. The van der Waals surface area contributed by atoms with Crippen LogP contribution in [0.25, 0.3) is 0 Å². The molecule has 2 rings (SSSR count). The van der Waals surface area contributed by atoms with E-state index in [-0.39, 0.29) is 5.91 Å². The van der Waals surface area contributed by atoms with Crippen LogP contribution in [-0.4, -0.2) is 43.7 Å². The zero-order valence-corrected chi connectivity index (χ0v) is 18.3. The Morgan fingerprint density at radius 3 is 2.10 bits per heavy atom. The van der Waals surface area contributed by atoms with E-state index in [1.165, 1.54) is 26.0 Å². The number of carbonyl (C=O) groups excluding carboxylic acids is 3. The molecule has 2 aromatic rings. The summed E-state index contributed by atoms with van der Waals surface area (Å²) in [5, 5.41) is 6.14. The van der Waals surface area contributed by atoms with Gasteiger partial charge in [0, 0.05) is 18.3 Å². The monoisotopic (exact) mass is 447 g/mol. The average molecular weight is 448 g/mol. The van der Waals surface area contributed by atoms with E-state index in [0.717, 1.165) is 0 Å². The fourth-order valence-corrected chi connectivity index (χ4v) is 3.67. The lowest BCUT2D eigenvalue weighted by atomic mass is 10.2. The van der Waals surface area contributed by atoms with Crippen molar-refractivity contribution in [2.75, 3.05) is 28.3 Å². The lowest BCUT2D eigenvalue weighted by molar-refractivity contribution is -0.116. The fourth-order valence-electron chi connectivity index (χ4n) is 2.59. The standard InChI is InChI=1S/C21H25N3O6S/c1-4-30-19-8-6-5-7-18(19)24-20(26)13-31(28,29)14(2)21(27)23-17-11-9-16(10-12-17)22-15(3)25/h5-12,14H,4,13H2,1-3H3,(H,22,25)(H,23,27)(H,24,26). The number of nitrogens with one attached hydrogen (secondary N) is 3. The summed E-state index contributed by atoms with van der Waals surface area (Å²) in [6.07, 6.45) is 0. The third-order valence-electron chi connectivity index (χ3n) is 4.17. The molecular weight excluding hydrogens is 422 g/mol. The van der Waals surface area contributed by atoms with Crippen molar-refractivity contribution in [3.8, 4) is 5.75 Å². The first-order chi connectivity index (χ1) is 14.6. The minimum Gasteiger partial charge on any atom is -0.492 e. The zero-order chi connectivity index (χ0) is 23.0. The van der Waals surface area contributed by atoms with Crippen LogP contribution in [0.2, 0.25) is 0 Å². The zero-order valence-electron chi connectivity index (χ0n) is 17.5. The molecule has 166 valence electrons. The molecule has 0 saturated heterocycles. The first-order valence-electron chi connectivity index (χ1n) is 9.54. The highest BCUT2D eigenvalue weighted by Crippen LogP contribution is 2.23. The van der Waals surface area contributed by atoms with E-state index in [4.69, 9.17) is 4.74 Å². The van der Waals surface area contributed by atoms with E-state index in [0.29, 0.717) is 29.4 Å². The predicted molar refractivity (Wildman–Crippen MR) is 119 cm³/mol. The second-order valence-electron chi connectivity index (χ2n) is 6.67. The van der Waals surface area contributed by atoms with Gasteiger partial charge in [-0.05, 0) is 50.2 Å². The Morgan fingerprint density at radius 1 is 0.935 bits per heavy atom. The molecule has 2 aromatic carbocycles. The van der Waals surface area contributed by atoms with E-state index in [9.17, 15) is 22.8 Å². The van der Waals surface area contributed by atoms with Gasteiger partial charge in [0.25, 0.3) is 0 Å². The van der Waals surface area contributed by atoms with Gasteiger partial charge in [-0.25, -0.2) is 8.42 Å². The fraction of sp³-hybridized carbons (Fsp3) is 0.286. The van der Waals surface area contributed by atoms with Crippen LogP contribution in [0.3, 0.4) is 0 Å². The van der Waals surface area contributed by atoms with E-state index >= 15 is 0 Å². The van der Waals surface area contributed by atoms with Crippen molar-refractivity contribution in [3.63, 3.8) is 0 Å². The number of sulfone groups is 1. The highest BCUT2D eigenvalue weighted by atomic mass is 32.2. The molecule has 0 heterocycles. The van der Waals surface area contributed by atoms with Gasteiger partial charge in [0.2, 0.25) is 17.7 Å². The van der Waals surface area contributed by atoms with Crippen molar-refractivity contribution < 1.29 is 27.5 Å². The highest BCUT2D eigenvalue weighted by molar-refractivity contribution is 7.93. The van der Waals surface area contributed by atoms with Gasteiger partial charge in [0.1, 0.15) is 16.8 Å². The third kappa shape index (κ3) is 7.10. The summed E-state index contributed by atoms with van der Waals surface area (Å²) in [6, 6.07) is 12.8. The normalized spacial score (nSPS) is 11.8. The van der Waals surface area contributed by atoms with Gasteiger partial charge in [-0.3, -0.25) is 14.4 Å². The number of ether oxygens (including phenoxy) is 1. The highest BCUT2D eigenvalue weighted by Gasteiger charge is 2.30. The molecule has 31 heavy (non-hydrogen) atoms.